The lowest BCUT2D eigenvalue weighted by Crippen LogP contribution is -2.36. The molecule has 1 saturated heterocycles. The fourth-order valence-electron chi connectivity index (χ4n) is 3.33. The van der Waals surface area contributed by atoms with Gasteiger partial charge in [0.1, 0.15) is 0 Å². The van der Waals surface area contributed by atoms with Crippen molar-refractivity contribution >= 4 is 0 Å². The molecule has 1 saturated carbocycles. The van der Waals surface area contributed by atoms with Crippen LogP contribution in [0.25, 0.3) is 0 Å². The Hall–Kier alpha value is -1.72. The van der Waals surface area contributed by atoms with E-state index in [0.29, 0.717) is 19.1 Å². The Morgan fingerprint density at radius 3 is 2.57 bits per heavy atom. The number of aromatic nitrogens is 2. The lowest BCUT2D eigenvalue weighted by atomic mass is 9.64. The van der Waals surface area contributed by atoms with Crippen LogP contribution in [0.2, 0.25) is 0 Å². The molecule has 2 aromatic rings. The second kappa shape index (κ2) is 4.93. The quantitative estimate of drug-likeness (QED) is 0.933. The zero-order valence-electron chi connectivity index (χ0n) is 11.9. The zero-order chi connectivity index (χ0) is 14.3. The van der Waals surface area contributed by atoms with E-state index in [-0.39, 0.29) is 17.4 Å². The van der Waals surface area contributed by atoms with Crippen molar-refractivity contribution in [3.63, 3.8) is 0 Å². The van der Waals surface area contributed by atoms with Gasteiger partial charge in [-0.3, -0.25) is 0 Å². The van der Waals surface area contributed by atoms with Crippen LogP contribution in [0.5, 0.6) is 0 Å². The molecule has 2 heterocycles. The largest absolute Gasteiger partial charge is 0.379 e. The molecule has 0 radical (unpaired) electrons. The Morgan fingerprint density at radius 2 is 1.95 bits per heavy atom. The summed E-state index contributed by atoms with van der Waals surface area (Å²) in [6.07, 6.45) is 3.34. The van der Waals surface area contributed by atoms with E-state index in [4.69, 9.17) is 15.0 Å². The standard InChI is InChI=1S/C16H19N3O2/c17-13-10-20-9-12(13)14-18-15(19-21-14)16(7-4-8-16)11-5-2-1-3-6-11/h1-3,5-6,12-13H,4,7-10,17H2. The number of benzene rings is 1. The average Bonchev–Trinajstić information content (AvgIpc) is 3.08. The SMILES string of the molecule is NC1COCC1c1nc(C2(c3ccccc3)CCC2)no1. The van der Waals surface area contributed by atoms with E-state index in [2.05, 4.69) is 34.4 Å². The minimum Gasteiger partial charge on any atom is -0.379 e. The van der Waals surface area contributed by atoms with Gasteiger partial charge in [-0.25, -0.2) is 0 Å². The summed E-state index contributed by atoms with van der Waals surface area (Å²) in [4.78, 5) is 4.68. The summed E-state index contributed by atoms with van der Waals surface area (Å²) in [7, 11) is 0. The Morgan fingerprint density at radius 1 is 1.14 bits per heavy atom. The topological polar surface area (TPSA) is 74.2 Å². The third kappa shape index (κ3) is 2.00. The first-order valence-corrected chi connectivity index (χ1v) is 7.52. The van der Waals surface area contributed by atoms with Gasteiger partial charge in [0, 0.05) is 6.04 Å². The maximum absolute atomic E-state index is 6.03. The fourth-order valence-corrected chi connectivity index (χ4v) is 3.33. The fraction of sp³-hybridized carbons (Fsp3) is 0.500. The van der Waals surface area contributed by atoms with Gasteiger partial charge in [0.2, 0.25) is 5.89 Å². The van der Waals surface area contributed by atoms with E-state index in [1.165, 1.54) is 12.0 Å². The van der Waals surface area contributed by atoms with Crippen molar-refractivity contribution < 1.29 is 9.26 Å². The van der Waals surface area contributed by atoms with Gasteiger partial charge in [0.15, 0.2) is 5.82 Å². The number of rotatable bonds is 3. The smallest absolute Gasteiger partial charge is 0.233 e. The highest BCUT2D eigenvalue weighted by molar-refractivity contribution is 5.35. The van der Waals surface area contributed by atoms with Gasteiger partial charge in [-0.15, -0.1) is 0 Å². The van der Waals surface area contributed by atoms with Gasteiger partial charge in [0.25, 0.3) is 0 Å². The lowest BCUT2D eigenvalue weighted by Gasteiger charge is -2.39. The Bertz CT molecular complexity index is 621. The summed E-state index contributed by atoms with van der Waals surface area (Å²) in [6, 6.07) is 10.4. The van der Waals surface area contributed by atoms with Gasteiger partial charge < -0.3 is 15.0 Å². The van der Waals surface area contributed by atoms with Crippen molar-refractivity contribution in [3.05, 3.63) is 47.6 Å². The van der Waals surface area contributed by atoms with Crippen LogP contribution in [0, 0.1) is 0 Å². The summed E-state index contributed by atoms with van der Waals surface area (Å²) in [5.74, 6) is 1.45. The maximum Gasteiger partial charge on any atom is 0.233 e. The molecule has 110 valence electrons. The third-order valence-electron chi connectivity index (χ3n) is 4.84. The van der Waals surface area contributed by atoms with Crippen LogP contribution in [0.3, 0.4) is 0 Å². The van der Waals surface area contributed by atoms with Crippen LogP contribution in [-0.2, 0) is 10.2 Å². The summed E-state index contributed by atoms with van der Waals surface area (Å²) >= 11 is 0. The molecule has 1 aromatic carbocycles. The number of nitrogens with two attached hydrogens (primary N) is 1. The van der Waals surface area contributed by atoms with Gasteiger partial charge in [-0.1, -0.05) is 41.9 Å². The summed E-state index contributed by atoms with van der Waals surface area (Å²) in [6.45, 7) is 1.13. The van der Waals surface area contributed by atoms with Crippen LogP contribution in [0.1, 0.15) is 42.5 Å². The minimum atomic E-state index is -0.0768. The van der Waals surface area contributed by atoms with E-state index < -0.39 is 0 Å². The highest BCUT2D eigenvalue weighted by Crippen LogP contribution is 2.47. The van der Waals surface area contributed by atoms with E-state index in [1.807, 2.05) is 6.07 Å². The van der Waals surface area contributed by atoms with E-state index >= 15 is 0 Å². The molecule has 21 heavy (non-hydrogen) atoms. The van der Waals surface area contributed by atoms with Crippen LogP contribution in [0.15, 0.2) is 34.9 Å². The Balaban J connectivity index is 1.68. The molecule has 0 spiro atoms. The van der Waals surface area contributed by atoms with E-state index in [1.54, 1.807) is 0 Å². The van der Waals surface area contributed by atoms with Crippen molar-refractivity contribution in [2.24, 2.45) is 5.73 Å². The molecule has 0 amide bonds. The molecule has 0 bridgehead atoms. The van der Waals surface area contributed by atoms with Gasteiger partial charge in [0.05, 0.1) is 24.5 Å². The molecule has 2 N–H and O–H groups in total. The predicted molar refractivity (Wildman–Crippen MR) is 76.9 cm³/mol. The molecule has 1 aliphatic heterocycles. The summed E-state index contributed by atoms with van der Waals surface area (Å²) in [5.41, 5.74) is 7.23. The first kappa shape index (κ1) is 13.0. The van der Waals surface area contributed by atoms with Gasteiger partial charge in [-0.2, -0.15) is 4.98 Å². The molecule has 2 aliphatic rings. The number of nitrogens with zero attached hydrogens (tertiary/aromatic N) is 2. The molecule has 5 nitrogen and oxygen atoms in total. The van der Waals surface area contributed by atoms with Crippen molar-refractivity contribution in [2.45, 2.75) is 36.6 Å². The summed E-state index contributed by atoms with van der Waals surface area (Å²) < 4.78 is 10.9. The van der Waals surface area contributed by atoms with Crippen LogP contribution in [0.4, 0.5) is 0 Å². The molecule has 1 aromatic heterocycles. The average molecular weight is 285 g/mol. The normalized spacial score (nSPS) is 27.5. The molecule has 1 aliphatic carbocycles. The Labute approximate surface area is 123 Å². The number of hydrogen-bond donors (Lipinski definition) is 1. The molecular weight excluding hydrogens is 266 g/mol. The van der Waals surface area contributed by atoms with Crippen LogP contribution < -0.4 is 5.73 Å². The third-order valence-corrected chi connectivity index (χ3v) is 4.84. The molecule has 5 heteroatoms. The zero-order valence-corrected chi connectivity index (χ0v) is 11.9. The lowest BCUT2D eigenvalue weighted by molar-refractivity contribution is 0.187. The summed E-state index contributed by atoms with van der Waals surface area (Å²) in [5, 5.41) is 4.27. The molecule has 2 unspecified atom stereocenters. The second-order valence-corrected chi connectivity index (χ2v) is 6.07. The van der Waals surface area contributed by atoms with Crippen LogP contribution in [-0.4, -0.2) is 29.4 Å². The van der Waals surface area contributed by atoms with Crippen molar-refractivity contribution in [2.75, 3.05) is 13.2 Å². The highest BCUT2D eigenvalue weighted by Gasteiger charge is 2.45. The van der Waals surface area contributed by atoms with E-state index in [0.717, 1.165) is 18.7 Å². The molecule has 4 rings (SSSR count). The van der Waals surface area contributed by atoms with Crippen molar-refractivity contribution in [1.82, 2.24) is 10.1 Å². The number of hydrogen-bond acceptors (Lipinski definition) is 5. The first-order valence-electron chi connectivity index (χ1n) is 7.52. The highest BCUT2D eigenvalue weighted by atomic mass is 16.5. The predicted octanol–water partition coefficient (Wildman–Crippen LogP) is 1.98. The van der Waals surface area contributed by atoms with Crippen molar-refractivity contribution in [1.29, 1.82) is 0 Å². The first-order chi connectivity index (χ1) is 10.3. The molecule has 2 fully saturated rings. The van der Waals surface area contributed by atoms with Gasteiger partial charge in [-0.05, 0) is 18.4 Å². The van der Waals surface area contributed by atoms with E-state index in [9.17, 15) is 0 Å². The molecule has 2 atom stereocenters. The monoisotopic (exact) mass is 285 g/mol. The Kier molecular flexibility index (Phi) is 3.05. The van der Waals surface area contributed by atoms with Gasteiger partial charge >= 0.3 is 0 Å². The van der Waals surface area contributed by atoms with Crippen LogP contribution >= 0.6 is 0 Å². The van der Waals surface area contributed by atoms with Crippen molar-refractivity contribution in [3.8, 4) is 0 Å². The number of ether oxygens (including phenoxy) is 1. The minimum absolute atomic E-state index is 0.0270. The second-order valence-electron chi connectivity index (χ2n) is 6.07. The molecular formula is C16H19N3O2. The maximum atomic E-state index is 6.03.